The second-order valence-electron chi connectivity index (χ2n) is 7.52. The van der Waals surface area contributed by atoms with E-state index >= 15 is 0 Å². The van der Waals surface area contributed by atoms with Crippen molar-refractivity contribution in [2.75, 3.05) is 10.6 Å². The molecule has 25 heavy (non-hydrogen) atoms. The number of fused-ring (bicyclic) bond motifs is 2. The van der Waals surface area contributed by atoms with Gasteiger partial charge in [-0.1, -0.05) is 66.2 Å². The first-order valence-corrected chi connectivity index (χ1v) is 9.36. The van der Waals surface area contributed by atoms with Crippen molar-refractivity contribution >= 4 is 33.1 Å². The third-order valence-electron chi connectivity index (χ3n) is 4.95. The summed E-state index contributed by atoms with van der Waals surface area (Å²) in [4.78, 5) is 13.1. The van der Waals surface area contributed by atoms with Crippen LogP contribution in [0.15, 0.2) is 64.8 Å². The van der Waals surface area contributed by atoms with Gasteiger partial charge in [-0.3, -0.25) is 4.79 Å². The average Bonchev–Trinajstić information content (AvgIpc) is 2.70. The minimum absolute atomic E-state index is 0.110. The van der Waals surface area contributed by atoms with Gasteiger partial charge in [-0.15, -0.1) is 0 Å². The highest BCUT2D eigenvalue weighted by atomic mass is 79.9. The molecule has 128 valence electrons. The topological polar surface area (TPSA) is 41.1 Å². The predicted molar refractivity (Wildman–Crippen MR) is 106 cm³/mol. The predicted octanol–water partition coefficient (Wildman–Crippen LogP) is 5.53. The van der Waals surface area contributed by atoms with Crippen molar-refractivity contribution in [3.8, 4) is 0 Å². The van der Waals surface area contributed by atoms with E-state index in [0.717, 1.165) is 27.1 Å². The van der Waals surface area contributed by atoms with E-state index in [9.17, 15) is 4.79 Å². The van der Waals surface area contributed by atoms with E-state index in [-0.39, 0.29) is 23.2 Å². The number of para-hydroxylation sites is 2. The lowest BCUT2D eigenvalue weighted by molar-refractivity contribution is -0.124. The second-order valence-corrected chi connectivity index (χ2v) is 8.38. The van der Waals surface area contributed by atoms with Gasteiger partial charge >= 0.3 is 0 Å². The fraction of sp³-hybridized carbons (Fsp3) is 0.286. The zero-order valence-corrected chi connectivity index (χ0v) is 15.9. The summed E-state index contributed by atoms with van der Waals surface area (Å²) in [7, 11) is 0. The summed E-state index contributed by atoms with van der Waals surface area (Å²) >= 11 is 3.67. The summed E-state index contributed by atoms with van der Waals surface area (Å²) < 4.78 is 1.02. The lowest BCUT2D eigenvalue weighted by Crippen LogP contribution is -2.36. The zero-order chi connectivity index (χ0) is 17.6. The molecule has 0 bridgehead atoms. The number of carbonyl (C=O) groups excluding carboxylic acids is 1. The maximum atomic E-state index is 13.1. The number of ketones is 1. The van der Waals surface area contributed by atoms with Crippen LogP contribution in [0.1, 0.15) is 31.9 Å². The van der Waals surface area contributed by atoms with E-state index < -0.39 is 0 Å². The zero-order valence-electron chi connectivity index (χ0n) is 14.3. The molecule has 2 aromatic carbocycles. The number of hydrogen-bond acceptors (Lipinski definition) is 3. The van der Waals surface area contributed by atoms with Crippen LogP contribution in [0.2, 0.25) is 0 Å². The number of carbonyl (C=O) groups is 1. The molecule has 2 aliphatic rings. The van der Waals surface area contributed by atoms with Crippen LogP contribution in [0, 0.1) is 11.3 Å². The van der Waals surface area contributed by atoms with Crippen LogP contribution in [0.25, 0.3) is 0 Å². The highest BCUT2D eigenvalue weighted by Gasteiger charge is 2.41. The molecule has 4 rings (SSSR count). The Morgan fingerprint density at radius 3 is 2.48 bits per heavy atom. The Morgan fingerprint density at radius 1 is 1.04 bits per heavy atom. The fourth-order valence-corrected chi connectivity index (χ4v) is 4.41. The monoisotopic (exact) mass is 396 g/mol. The molecule has 1 aliphatic carbocycles. The van der Waals surface area contributed by atoms with Gasteiger partial charge in [-0.2, -0.15) is 0 Å². The molecule has 1 heterocycles. The van der Waals surface area contributed by atoms with Crippen LogP contribution in [-0.4, -0.2) is 5.78 Å². The van der Waals surface area contributed by atoms with E-state index in [2.05, 4.69) is 64.7 Å². The van der Waals surface area contributed by atoms with Crippen molar-refractivity contribution in [1.29, 1.82) is 0 Å². The lowest BCUT2D eigenvalue weighted by atomic mass is 9.72. The number of benzene rings is 2. The molecule has 0 amide bonds. The number of anilines is 2. The van der Waals surface area contributed by atoms with E-state index in [1.54, 1.807) is 0 Å². The lowest BCUT2D eigenvalue weighted by Gasteiger charge is -2.35. The summed E-state index contributed by atoms with van der Waals surface area (Å²) in [5.41, 5.74) is 4.00. The average molecular weight is 397 g/mol. The maximum absolute atomic E-state index is 13.1. The number of Topliss-reactive ketones (excluding diaryl/α,β-unsaturated/α-hetero) is 1. The minimum Gasteiger partial charge on any atom is -0.375 e. The molecule has 0 unspecified atom stereocenters. The smallest absolute Gasteiger partial charge is 0.145 e. The van der Waals surface area contributed by atoms with Gasteiger partial charge in [-0.25, -0.2) is 0 Å². The van der Waals surface area contributed by atoms with Crippen LogP contribution in [0.3, 0.4) is 0 Å². The molecule has 0 saturated carbocycles. The van der Waals surface area contributed by atoms with Gasteiger partial charge in [-0.05, 0) is 29.2 Å². The molecular weight excluding hydrogens is 376 g/mol. The standard InChI is InChI=1S/C21H21BrN2O/c1-21(2)11-17-19(18(25)12-21)20(13-7-3-4-8-14(13)22)24-16-10-6-5-9-15(16)23-17/h3-11,19-20,23-24H,12H2,1-2H3/t19-,20-/m0/s1. The minimum atomic E-state index is -0.223. The van der Waals surface area contributed by atoms with E-state index in [1.807, 2.05) is 30.3 Å². The van der Waals surface area contributed by atoms with Crippen LogP contribution >= 0.6 is 15.9 Å². The fourth-order valence-electron chi connectivity index (χ4n) is 3.88. The van der Waals surface area contributed by atoms with Gasteiger partial charge < -0.3 is 10.6 Å². The van der Waals surface area contributed by atoms with Gasteiger partial charge in [0.2, 0.25) is 0 Å². The molecule has 0 aromatic heterocycles. The van der Waals surface area contributed by atoms with Crippen LogP contribution in [0.4, 0.5) is 11.4 Å². The summed E-state index contributed by atoms with van der Waals surface area (Å²) in [6, 6.07) is 16.2. The molecule has 0 radical (unpaired) electrons. The van der Waals surface area contributed by atoms with Gasteiger partial charge in [0.1, 0.15) is 5.78 Å². The molecule has 3 nitrogen and oxygen atoms in total. The van der Waals surface area contributed by atoms with Crippen molar-refractivity contribution in [2.24, 2.45) is 11.3 Å². The third-order valence-corrected chi connectivity index (χ3v) is 5.67. The first-order valence-electron chi connectivity index (χ1n) is 8.57. The van der Waals surface area contributed by atoms with Crippen molar-refractivity contribution < 1.29 is 4.79 Å². The third kappa shape index (κ3) is 2.99. The van der Waals surface area contributed by atoms with Gasteiger partial charge in [0.25, 0.3) is 0 Å². The maximum Gasteiger partial charge on any atom is 0.145 e. The normalized spacial score (nSPS) is 24.1. The Morgan fingerprint density at radius 2 is 1.72 bits per heavy atom. The van der Waals surface area contributed by atoms with Crippen LogP contribution in [0.5, 0.6) is 0 Å². The molecular formula is C21H21BrN2O. The van der Waals surface area contributed by atoms with Gasteiger partial charge in [0.15, 0.2) is 0 Å². The SMILES string of the molecule is CC1(C)C=C2Nc3ccccc3N[C@@H](c3ccccc3Br)[C@@H]2C(=O)C1. The number of rotatable bonds is 1. The van der Waals surface area contributed by atoms with Crippen LogP contribution in [-0.2, 0) is 4.79 Å². The first kappa shape index (κ1) is 16.4. The van der Waals surface area contributed by atoms with Gasteiger partial charge in [0, 0.05) is 16.6 Å². The molecule has 2 aromatic rings. The summed E-state index contributed by atoms with van der Waals surface area (Å²) in [6.07, 6.45) is 2.79. The largest absolute Gasteiger partial charge is 0.375 e. The first-order chi connectivity index (χ1) is 11.9. The highest BCUT2D eigenvalue weighted by molar-refractivity contribution is 9.10. The summed E-state index contributed by atoms with van der Waals surface area (Å²) in [5.74, 6) is 0.0511. The molecule has 0 fully saturated rings. The molecule has 0 spiro atoms. The van der Waals surface area contributed by atoms with E-state index in [0.29, 0.717) is 6.42 Å². The Labute approximate surface area is 156 Å². The van der Waals surface area contributed by atoms with Crippen molar-refractivity contribution in [1.82, 2.24) is 0 Å². The molecule has 2 N–H and O–H groups in total. The number of nitrogens with one attached hydrogen (secondary N) is 2. The second kappa shape index (κ2) is 6.03. The Hall–Kier alpha value is -2.07. The Kier molecular flexibility index (Phi) is 3.95. The van der Waals surface area contributed by atoms with Crippen LogP contribution < -0.4 is 10.6 Å². The van der Waals surface area contributed by atoms with Crippen molar-refractivity contribution in [3.05, 3.63) is 70.3 Å². The molecule has 4 heteroatoms. The van der Waals surface area contributed by atoms with E-state index in [4.69, 9.17) is 0 Å². The number of allylic oxidation sites excluding steroid dienone is 1. The van der Waals surface area contributed by atoms with Gasteiger partial charge in [0.05, 0.1) is 23.3 Å². The molecule has 0 saturated heterocycles. The quantitative estimate of drug-likeness (QED) is 0.665. The van der Waals surface area contributed by atoms with E-state index in [1.165, 1.54) is 0 Å². The Balaban J connectivity index is 1.90. The van der Waals surface area contributed by atoms with Crippen molar-refractivity contribution in [2.45, 2.75) is 26.3 Å². The summed E-state index contributed by atoms with van der Waals surface area (Å²) in [6.45, 7) is 4.24. The highest BCUT2D eigenvalue weighted by Crippen LogP contribution is 2.46. The summed E-state index contributed by atoms with van der Waals surface area (Å²) in [5, 5.41) is 7.15. The number of halogens is 1. The molecule has 2 atom stereocenters. The van der Waals surface area contributed by atoms with Crippen molar-refractivity contribution in [3.63, 3.8) is 0 Å². The molecule has 1 aliphatic heterocycles. The number of hydrogen-bond donors (Lipinski definition) is 2. The Bertz CT molecular complexity index is 872.